The minimum Gasteiger partial charge on any atom is -0.378 e. The maximum atomic E-state index is 11.9. The maximum Gasteiger partial charge on any atom is 0.254 e. The quantitative estimate of drug-likeness (QED) is 0.895. The van der Waals surface area contributed by atoms with E-state index in [1.165, 1.54) is 6.20 Å². The lowest BCUT2D eigenvalue weighted by molar-refractivity contribution is -0.00862. The smallest absolute Gasteiger partial charge is 0.254 e. The molecule has 0 radical (unpaired) electrons. The van der Waals surface area contributed by atoms with Gasteiger partial charge in [-0.15, -0.1) is 0 Å². The highest BCUT2D eigenvalue weighted by Crippen LogP contribution is 2.24. The van der Waals surface area contributed by atoms with Crippen LogP contribution in [0.2, 0.25) is 5.02 Å². The molecule has 0 aromatic carbocycles. The molecular weight excluding hydrogens is 240 g/mol. The molecule has 1 aromatic rings. The third-order valence-electron chi connectivity index (χ3n) is 2.84. The van der Waals surface area contributed by atoms with E-state index >= 15 is 0 Å². The average Bonchev–Trinajstić information content (AvgIpc) is 2.26. The highest BCUT2D eigenvalue weighted by atomic mass is 35.5. The van der Waals surface area contributed by atoms with Gasteiger partial charge in [-0.2, -0.15) is 0 Å². The van der Waals surface area contributed by atoms with Crippen molar-refractivity contribution in [2.45, 2.75) is 31.9 Å². The minimum absolute atomic E-state index is 0.164. The largest absolute Gasteiger partial charge is 0.378 e. The zero-order valence-corrected chi connectivity index (χ0v) is 10.4. The molecule has 0 saturated heterocycles. The summed E-state index contributed by atoms with van der Waals surface area (Å²) in [5.74, 6) is -0.164. The Hall–Kier alpha value is -1.13. The molecule has 1 aromatic heterocycles. The molecule has 5 heteroatoms. The minimum atomic E-state index is -0.164. The van der Waals surface area contributed by atoms with E-state index in [-0.39, 0.29) is 18.1 Å². The van der Waals surface area contributed by atoms with Crippen LogP contribution in [0.3, 0.4) is 0 Å². The van der Waals surface area contributed by atoms with E-state index in [9.17, 15) is 4.79 Å². The van der Waals surface area contributed by atoms with Gasteiger partial charge in [0.05, 0.1) is 16.7 Å². The zero-order chi connectivity index (χ0) is 12.3. The van der Waals surface area contributed by atoms with Crippen molar-refractivity contribution in [2.75, 3.05) is 6.61 Å². The van der Waals surface area contributed by atoms with E-state index in [2.05, 4.69) is 10.3 Å². The average molecular weight is 255 g/mol. The maximum absolute atomic E-state index is 11.9. The molecule has 0 unspecified atom stereocenters. The Morgan fingerprint density at radius 2 is 2.41 bits per heavy atom. The number of carbonyl (C=O) groups excluding carboxylic acids is 1. The van der Waals surface area contributed by atoms with E-state index in [1.54, 1.807) is 12.3 Å². The van der Waals surface area contributed by atoms with Crippen LogP contribution in [0.1, 0.15) is 30.1 Å². The Balaban J connectivity index is 1.85. The van der Waals surface area contributed by atoms with Crippen molar-refractivity contribution < 1.29 is 9.53 Å². The van der Waals surface area contributed by atoms with Crippen LogP contribution in [-0.2, 0) is 4.74 Å². The third-order valence-corrected chi connectivity index (χ3v) is 3.17. The molecule has 2 rings (SSSR count). The number of nitrogens with zero attached hydrogens (tertiary/aromatic N) is 1. The van der Waals surface area contributed by atoms with E-state index in [0.717, 1.165) is 19.4 Å². The van der Waals surface area contributed by atoms with E-state index in [0.29, 0.717) is 10.6 Å². The van der Waals surface area contributed by atoms with Crippen LogP contribution in [0.4, 0.5) is 0 Å². The highest BCUT2D eigenvalue weighted by Gasteiger charge is 2.31. The monoisotopic (exact) mass is 254 g/mol. The predicted octanol–water partition coefficient (Wildman–Crippen LogP) is 2.03. The zero-order valence-electron chi connectivity index (χ0n) is 9.65. The molecule has 0 bridgehead atoms. The summed E-state index contributed by atoms with van der Waals surface area (Å²) in [7, 11) is 0. The van der Waals surface area contributed by atoms with Gasteiger partial charge < -0.3 is 10.1 Å². The topological polar surface area (TPSA) is 51.2 Å². The van der Waals surface area contributed by atoms with Gasteiger partial charge in [-0.25, -0.2) is 0 Å². The first-order chi connectivity index (χ1) is 8.20. The van der Waals surface area contributed by atoms with E-state index in [1.807, 2.05) is 6.92 Å². The van der Waals surface area contributed by atoms with Crippen LogP contribution < -0.4 is 5.32 Å². The second-order valence-electron chi connectivity index (χ2n) is 4.07. The molecule has 1 amide bonds. The van der Waals surface area contributed by atoms with Crippen LogP contribution in [0.5, 0.6) is 0 Å². The van der Waals surface area contributed by atoms with Gasteiger partial charge >= 0.3 is 0 Å². The summed E-state index contributed by atoms with van der Waals surface area (Å²) in [6.45, 7) is 2.70. The summed E-state index contributed by atoms with van der Waals surface area (Å²) in [5.41, 5.74) is 0.425. The summed E-state index contributed by atoms with van der Waals surface area (Å²) in [5, 5.41) is 3.35. The van der Waals surface area contributed by atoms with Gasteiger partial charge in [0.15, 0.2) is 0 Å². The lowest BCUT2D eigenvalue weighted by atomic mass is 9.89. The van der Waals surface area contributed by atoms with Crippen molar-refractivity contribution in [2.24, 2.45) is 0 Å². The Kier molecular flexibility index (Phi) is 3.97. The normalized spacial score (nSPS) is 22.9. The molecule has 1 fully saturated rings. The molecule has 1 saturated carbocycles. The fourth-order valence-electron chi connectivity index (χ4n) is 1.86. The third kappa shape index (κ3) is 2.96. The fraction of sp³-hybridized carbons (Fsp3) is 0.500. The van der Waals surface area contributed by atoms with Crippen molar-refractivity contribution in [3.8, 4) is 0 Å². The first-order valence-corrected chi connectivity index (χ1v) is 6.10. The lowest BCUT2D eigenvalue weighted by Crippen LogP contribution is -2.47. The van der Waals surface area contributed by atoms with Crippen molar-refractivity contribution >= 4 is 17.5 Å². The second-order valence-corrected chi connectivity index (χ2v) is 4.48. The summed E-state index contributed by atoms with van der Waals surface area (Å²) in [6, 6.07) is 1.80. The Labute approximate surface area is 105 Å². The number of halogens is 1. The second kappa shape index (κ2) is 5.47. The van der Waals surface area contributed by atoms with Gasteiger partial charge in [-0.05, 0) is 25.8 Å². The van der Waals surface area contributed by atoms with Gasteiger partial charge in [0, 0.05) is 25.0 Å². The van der Waals surface area contributed by atoms with Gasteiger partial charge in [0.2, 0.25) is 0 Å². The van der Waals surface area contributed by atoms with Crippen LogP contribution in [-0.4, -0.2) is 29.6 Å². The summed E-state index contributed by atoms with van der Waals surface area (Å²) in [4.78, 5) is 15.7. The molecule has 1 aliphatic carbocycles. The van der Waals surface area contributed by atoms with Gasteiger partial charge in [-0.3, -0.25) is 9.78 Å². The molecule has 4 nitrogen and oxygen atoms in total. The Morgan fingerprint density at radius 3 is 3.06 bits per heavy atom. The van der Waals surface area contributed by atoms with Crippen molar-refractivity contribution in [1.29, 1.82) is 0 Å². The van der Waals surface area contributed by atoms with E-state index in [4.69, 9.17) is 16.3 Å². The molecule has 0 atom stereocenters. The van der Waals surface area contributed by atoms with Gasteiger partial charge in [0.25, 0.3) is 5.91 Å². The molecule has 0 aliphatic heterocycles. The lowest BCUT2D eigenvalue weighted by Gasteiger charge is -2.35. The highest BCUT2D eigenvalue weighted by molar-refractivity contribution is 6.33. The molecular formula is C12H15ClN2O2. The van der Waals surface area contributed by atoms with Crippen LogP contribution in [0.15, 0.2) is 18.5 Å². The fourth-order valence-corrected chi connectivity index (χ4v) is 2.05. The SMILES string of the molecule is CCOC1CC(NC(=O)c2cnccc2Cl)C1. The summed E-state index contributed by atoms with van der Waals surface area (Å²) >= 11 is 5.92. The number of hydrogen-bond acceptors (Lipinski definition) is 3. The number of hydrogen-bond donors (Lipinski definition) is 1. The standard InChI is InChI=1S/C12H15ClN2O2/c1-2-17-9-5-8(6-9)15-12(16)10-7-14-4-3-11(10)13/h3-4,7-9H,2,5-6H2,1H3,(H,15,16). The Morgan fingerprint density at radius 1 is 1.65 bits per heavy atom. The molecule has 1 heterocycles. The predicted molar refractivity (Wildman–Crippen MR) is 65.1 cm³/mol. The van der Waals surface area contributed by atoms with Gasteiger partial charge in [-0.1, -0.05) is 11.6 Å². The number of pyridine rings is 1. The summed E-state index contributed by atoms with van der Waals surface area (Å²) in [6.07, 6.45) is 5.08. The number of amides is 1. The molecule has 17 heavy (non-hydrogen) atoms. The summed E-state index contributed by atoms with van der Waals surface area (Å²) < 4.78 is 5.43. The van der Waals surface area contributed by atoms with Gasteiger partial charge in [0.1, 0.15) is 0 Å². The van der Waals surface area contributed by atoms with Crippen molar-refractivity contribution in [3.05, 3.63) is 29.0 Å². The first-order valence-electron chi connectivity index (χ1n) is 5.72. The first kappa shape index (κ1) is 12.3. The number of aromatic nitrogens is 1. The molecule has 92 valence electrons. The molecule has 1 N–H and O–H groups in total. The number of ether oxygens (including phenoxy) is 1. The van der Waals surface area contributed by atoms with Crippen LogP contribution in [0.25, 0.3) is 0 Å². The molecule has 0 spiro atoms. The number of nitrogens with one attached hydrogen (secondary N) is 1. The Bertz CT molecular complexity index is 405. The molecule has 1 aliphatic rings. The van der Waals surface area contributed by atoms with E-state index < -0.39 is 0 Å². The van der Waals surface area contributed by atoms with Crippen LogP contribution >= 0.6 is 11.6 Å². The van der Waals surface area contributed by atoms with Crippen molar-refractivity contribution in [1.82, 2.24) is 10.3 Å². The number of carbonyl (C=O) groups is 1. The van der Waals surface area contributed by atoms with Crippen molar-refractivity contribution in [3.63, 3.8) is 0 Å². The van der Waals surface area contributed by atoms with Crippen LogP contribution in [0, 0.1) is 0 Å². The number of rotatable bonds is 4.